The van der Waals surface area contributed by atoms with Gasteiger partial charge in [0.2, 0.25) is 5.91 Å². The lowest BCUT2D eigenvalue weighted by Crippen LogP contribution is -2.43. The van der Waals surface area contributed by atoms with Crippen molar-refractivity contribution in [1.82, 2.24) is 9.80 Å². The summed E-state index contributed by atoms with van der Waals surface area (Å²) >= 11 is 0. The second-order valence-corrected chi connectivity index (χ2v) is 6.55. The molecule has 1 aromatic rings. The topological polar surface area (TPSA) is 81.1 Å². The molecule has 1 aliphatic carbocycles. The minimum absolute atomic E-state index is 0.00636. The molecular weight excluding hydrogens is 296 g/mol. The third-order valence-electron chi connectivity index (χ3n) is 4.86. The monoisotopic (exact) mass is 318 g/mol. The van der Waals surface area contributed by atoms with Crippen LogP contribution < -0.4 is 0 Å². The Balaban J connectivity index is 1.59. The number of hydrogen-bond acceptors (Lipinski definition) is 4. The fourth-order valence-corrected chi connectivity index (χ4v) is 3.48. The summed E-state index contributed by atoms with van der Waals surface area (Å²) in [6, 6.07) is 9.68. The summed E-state index contributed by atoms with van der Waals surface area (Å²) in [4.78, 5) is 26.7. The molecule has 0 spiro atoms. The van der Waals surface area contributed by atoms with Crippen LogP contribution in [0.3, 0.4) is 0 Å². The normalized spacial score (nSPS) is 29.8. The molecule has 0 unspecified atom stereocenters. The van der Waals surface area contributed by atoms with Gasteiger partial charge in [-0.2, -0.15) is 0 Å². The number of rotatable bonds is 5. The zero-order valence-electron chi connectivity index (χ0n) is 13.1. The van der Waals surface area contributed by atoms with Gasteiger partial charge in [0, 0.05) is 19.0 Å². The Labute approximate surface area is 135 Å². The molecule has 1 saturated heterocycles. The van der Waals surface area contributed by atoms with Gasteiger partial charge in [-0.15, -0.1) is 0 Å². The van der Waals surface area contributed by atoms with Gasteiger partial charge in [-0.1, -0.05) is 30.3 Å². The SMILES string of the molecule is CN(CC(=O)O)[C@@H]1CN(C(=O)[C@@H]2C[C@@H]2c2ccccc2)C[C@H]1O. The predicted octanol–water partition coefficient (Wildman–Crippen LogP) is 0.378. The van der Waals surface area contributed by atoms with Crippen LogP contribution >= 0.6 is 0 Å². The lowest BCUT2D eigenvalue weighted by molar-refractivity contribution is -0.138. The summed E-state index contributed by atoms with van der Waals surface area (Å²) in [5.74, 6) is -0.593. The van der Waals surface area contributed by atoms with Gasteiger partial charge in [0.15, 0.2) is 0 Å². The average Bonchev–Trinajstić information content (AvgIpc) is 3.22. The van der Waals surface area contributed by atoms with Crippen LogP contribution in [0.2, 0.25) is 0 Å². The van der Waals surface area contributed by atoms with Gasteiger partial charge in [0.1, 0.15) is 0 Å². The molecule has 6 heteroatoms. The van der Waals surface area contributed by atoms with E-state index < -0.39 is 12.1 Å². The summed E-state index contributed by atoms with van der Waals surface area (Å²) < 4.78 is 0. The number of aliphatic carboxylic acids is 1. The van der Waals surface area contributed by atoms with Crippen molar-refractivity contribution in [2.75, 3.05) is 26.7 Å². The Hall–Kier alpha value is -1.92. The maximum atomic E-state index is 12.6. The summed E-state index contributed by atoms with van der Waals surface area (Å²) in [7, 11) is 1.67. The molecule has 1 amide bonds. The van der Waals surface area contributed by atoms with E-state index in [-0.39, 0.29) is 36.9 Å². The summed E-state index contributed by atoms with van der Waals surface area (Å²) in [5, 5.41) is 19.0. The molecule has 1 heterocycles. The molecule has 23 heavy (non-hydrogen) atoms. The van der Waals surface area contributed by atoms with Gasteiger partial charge in [-0.3, -0.25) is 14.5 Å². The number of carbonyl (C=O) groups is 2. The molecule has 1 aliphatic heterocycles. The van der Waals surface area contributed by atoms with Crippen molar-refractivity contribution < 1.29 is 19.8 Å². The van der Waals surface area contributed by atoms with Crippen LogP contribution in [-0.2, 0) is 9.59 Å². The molecule has 1 saturated carbocycles. The van der Waals surface area contributed by atoms with E-state index in [1.54, 1.807) is 16.8 Å². The predicted molar refractivity (Wildman–Crippen MR) is 83.9 cm³/mol. The zero-order chi connectivity index (χ0) is 16.6. The molecule has 4 atom stereocenters. The van der Waals surface area contributed by atoms with Crippen LogP contribution in [0.5, 0.6) is 0 Å². The fraction of sp³-hybridized carbons (Fsp3) is 0.529. The molecule has 2 fully saturated rings. The van der Waals surface area contributed by atoms with Crippen molar-refractivity contribution in [3.05, 3.63) is 35.9 Å². The molecule has 0 radical (unpaired) electrons. The van der Waals surface area contributed by atoms with E-state index in [4.69, 9.17) is 5.11 Å². The van der Waals surface area contributed by atoms with Gasteiger partial charge < -0.3 is 15.1 Å². The van der Waals surface area contributed by atoms with Crippen molar-refractivity contribution in [2.24, 2.45) is 5.92 Å². The first-order valence-electron chi connectivity index (χ1n) is 7.91. The number of carbonyl (C=O) groups excluding carboxylic acids is 1. The van der Waals surface area contributed by atoms with Gasteiger partial charge in [-0.05, 0) is 24.9 Å². The van der Waals surface area contributed by atoms with Gasteiger partial charge >= 0.3 is 5.97 Å². The highest BCUT2D eigenvalue weighted by Gasteiger charge is 2.48. The Morgan fingerprint density at radius 2 is 1.96 bits per heavy atom. The highest BCUT2D eigenvalue weighted by Crippen LogP contribution is 2.48. The first-order valence-corrected chi connectivity index (χ1v) is 7.91. The molecule has 124 valence electrons. The lowest BCUT2D eigenvalue weighted by atomic mass is 10.1. The second-order valence-electron chi connectivity index (χ2n) is 6.55. The Morgan fingerprint density at radius 1 is 1.26 bits per heavy atom. The Morgan fingerprint density at radius 3 is 2.61 bits per heavy atom. The third kappa shape index (κ3) is 3.38. The van der Waals surface area contributed by atoms with E-state index in [1.165, 1.54) is 5.56 Å². The molecule has 0 aromatic heterocycles. The van der Waals surface area contributed by atoms with E-state index in [0.717, 1.165) is 6.42 Å². The third-order valence-corrected chi connectivity index (χ3v) is 4.86. The zero-order valence-corrected chi connectivity index (χ0v) is 13.1. The second kappa shape index (κ2) is 6.29. The van der Waals surface area contributed by atoms with Gasteiger partial charge in [0.25, 0.3) is 0 Å². The quantitative estimate of drug-likeness (QED) is 0.820. The number of nitrogens with zero attached hydrogens (tertiary/aromatic N) is 2. The minimum atomic E-state index is -0.934. The van der Waals surface area contributed by atoms with E-state index in [1.807, 2.05) is 30.3 Å². The van der Waals surface area contributed by atoms with E-state index in [0.29, 0.717) is 6.54 Å². The van der Waals surface area contributed by atoms with E-state index in [2.05, 4.69) is 0 Å². The smallest absolute Gasteiger partial charge is 0.317 e. The standard InChI is InChI=1S/C17H22N2O4/c1-18(10-16(21)22)14-8-19(9-15(14)20)17(23)13-7-12(13)11-5-3-2-4-6-11/h2-6,12-15,20H,7-10H2,1H3,(H,21,22)/t12-,13-,14-,15-/m1/s1. The number of hydrogen-bond donors (Lipinski definition) is 2. The Kier molecular flexibility index (Phi) is 4.37. The average molecular weight is 318 g/mol. The van der Waals surface area contributed by atoms with Crippen molar-refractivity contribution in [3.8, 4) is 0 Å². The summed E-state index contributed by atoms with van der Waals surface area (Å²) in [6.07, 6.45) is 0.155. The molecular formula is C17H22N2O4. The van der Waals surface area contributed by atoms with E-state index >= 15 is 0 Å². The molecule has 1 aromatic carbocycles. The summed E-state index contributed by atoms with van der Waals surface area (Å²) in [6.45, 7) is 0.535. The van der Waals surface area contributed by atoms with Gasteiger partial charge in [0.05, 0.1) is 18.7 Å². The lowest BCUT2D eigenvalue weighted by Gasteiger charge is -2.24. The van der Waals surface area contributed by atoms with Crippen LogP contribution in [0, 0.1) is 5.92 Å². The minimum Gasteiger partial charge on any atom is -0.480 e. The van der Waals surface area contributed by atoms with Crippen LogP contribution in [-0.4, -0.2) is 70.7 Å². The Bertz CT molecular complexity index is 592. The van der Waals surface area contributed by atoms with Gasteiger partial charge in [-0.25, -0.2) is 0 Å². The molecule has 3 rings (SSSR count). The number of benzene rings is 1. The first-order chi connectivity index (χ1) is 11.0. The number of amides is 1. The number of likely N-dealkylation sites (N-methyl/N-ethyl adjacent to an activating group) is 1. The number of likely N-dealkylation sites (tertiary alicyclic amines) is 1. The van der Waals surface area contributed by atoms with Crippen LogP contribution in [0.25, 0.3) is 0 Å². The van der Waals surface area contributed by atoms with Crippen molar-refractivity contribution in [2.45, 2.75) is 24.5 Å². The van der Waals surface area contributed by atoms with Crippen molar-refractivity contribution >= 4 is 11.9 Å². The maximum Gasteiger partial charge on any atom is 0.317 e. The number of carboxylic acids is 1. The largest absolute Gasteiger partial charge is 0.480 e. The number of aliphatic hydroxyl groups is 1. The maximum absolute atomic E-state index is 12.6. The number of carboxylic acid groups (broad SMARTS) is 1. The molecule has 2 N–H and O–H groups in total. The number of aliphatic hydroxyl groups excluding tert-OH is 1. The first kappa shape index (κ1) is 16.0. The highest BCUT2D eigenvalue weighted by molar-refractivity contribution is 5.83. The molecule has 6 nitrogen and oxygen atoms in total. The molecule has 0 bridgehead atoms. The van der Waals surface area contributed by atoms with Crippen LogP contribution in [0.4, 0.5) is 0 Å². The highest BCUT2D eigenvalue weighted by atomic mass is 16.4. The fourth-order valence-electron chi connectivity index (χ4n) is 3.48. The van der Waals surface area contributed by atoms with Crippen molar-refractivity contribution in [1.29, 1.82) is 0 Å². The van der Waals surface area contributed by atoms with E-state index in [9.17, 15) is 14.7 Å². The van der Waals surface area contributed by atoms with Crippen LogP contribution in [0.1, 0.15) is 17.9 Å². The summed E-state index contributed by atoms with van der Waals surface area (Å²) in [5.41, 5.74) is 1.19. The van der Waals surface area contributed by atoms with Crippen LogP contribution in [0.15, 0.2) is 30.3 Å². The molecule has 2 aliphatic rings. The number of β-amino-alcohol motifs (C(OH)–C–C–N with tert-alkyl or cyclic N) is 1. The van der Waals surface area contributed by atoms with Crippen molar-refractivity contribution in [3.63, 3.8) is 0 Å².